The summed E-state index contributed by atoms with van der Waals surface area (Å²) in [5, 5.41) is 2.73. The van der Waals surface area contributed by atoms with Gasteiger partial charge in [0.15, 0.2) is 0 Å². The van der Waals surface area contributed by atoms with Crippen LogP contribution < -0.4 is 4.74 Å². The van der Waals surface area contributed by atoms with Crippen molar-refractivity contribution >= 4 is 22.9 Å². The summed E-state index contributed by atoms with van der Waals surface area (Å²) in [5.74, 6) is 1.40. The minimum absolute atomic E-state index is 0.371. The van der Waals surface area contributed by atoms with Crippen LogP contribution in [0.3, 0.4) is 0 Å². The lowest BCUT2D eigenvalue weighted by molar-refractivity contribution is 0.301. The molecule has 0 spiro atoms. The minimum Gasteiger partial charge on any atom is -0.487 e. The third kappa shape index (κ3) is 2.86. The molecule has 0 aliphatic carbocycles. The van der Waals surface area contributed by atoms with Crippen molar-refractivity contribution in [2.24, 2.45) is 0 Å². The normalized spacial score (nSPS) is 10.7. The van der Waals surface area contributed by atoms with Gasteiger partial charge >= 0.3 is 0 Å². The fourth-order valence-corrected chi connectivity index (χ4v) is 2.52. The van der Waals surface area contributed by atoms with Crippen molar-refractivity contribution in [1.29, 1.82) is 0 Å². The second-order valence-corrected chi connectivity index (χ2v) is 5.68. The maximum atomic E-state index is 5.98. The van der Waals surface area contributed by atoms with Crippen LogP contribution in [-0.4, -0.2) is 4.98 Å². The van der Waals surface area contributed by atoms with Gasteiger partial charge in [-0.1, -0.05) is 17.7 Å². The van der Waals surface area contributed by atoms with Gasteiger partial charge in [-0.15, -0.1) is 11.3 Å². The SMILES string of the molecule is Cc1cc(OCc2coc(-c3cccs3)n2)ccc1Cl. The smallest absolute Gasteiger partial charge is 0.236 e. The molecule has 3 aromatic rings. The van der Waals surface area contributed by atoms with Gasteiger partial charge < -0.3 is 9.15 Å². The van der Waals surface area contributed by atoms with E-state index in [4.69, 9.17) is 20.8 Å². The molecule has 0 saturated heterocycles. The van der Waals surface area contributed by atoms with Crippen molar-refractivity contribution in [2.75, 3.05) is 0 Å². The summed E-state index contributed by atoms with van der Waals surface area (Å²) < 4.78 is 11.1. The molecule has 5 heteroatoms. The van der Waals surface area contributed by atoms with Crippen LogP contribution in [0.5, 0.6) is 5.75 Å². The number of hydrogen-bond acceptors (Lipinski definition) is 4. The van der Waals surface area contributed by atoms with Gasteiger partial charge in [0.25, 0.3) is 0 Å². The highest BCUT2D eigenvalue weighted by atomic mass is 35.5. The van der Waals surface area contributed by atoms with E-state index in [0.717, 1.165) is 26.9 Å². The quantitative estimate of drug-likeness (QED) is 0.684. The number of oxazole rings is 1. The molecular formula is C15H12ClNO2S. The van der Waals surface area contributed by atoms with E-state index in [0.29, 0.717) is 12.5 Å². The van der Waals surface area contributed by atoms with Crippen molar-refractivity contribution < 1.29 is 9.15 Å². The molecule has 0 aliphatic rings. The van der Waals surface area contributed by atoms with E-state index in [1.807, 2.05) is 42.6 Å². The molecule has 2 heterocycles. The topological polar surface area (TPSA) is 35.3 Å². The van der Waals surface area contributed by atoms with E-state index in [-0.39, 0.29) is 0 Å². The Bertz CT molecular complexity index is 706. The predicted molar refractivity (Wildman–Crippen MR) is 80.3 cm³/mol. The lowest BCUT2D eigenvalue weighted by Gasteiger charge is -2.05. The number of benzene rings is 1. The average Bonchev–Trinajstić information content (AvgIpc) is 3.09. The van der Waals surface area contributed by atoms with Crippen LogP contribution in [0.2, 0.25) is 5.02 Å². The molecule has 0 aliphatic heterocycles. The molecule has 0 radical (unpaired) electrons. The van der Waals surface area contributed by atoms with Gasteiger partial charge in [-0.3, -0.25) is 0 Å². The monoisotopic (exact) mass is 305 g/mol. The van der Waals surface area contributed by atoms with Crippen LogP contribution in [-0.2, 0) is 6.61 Å². The molecule has 0 bridgehead atoms. The van der Waals surface area contributed by atoms with E-state index in [2.05, 4.69) is 4.98 Å². The molecular weight excluding hydrogens is 294 g/mol. The fraction of sp³-hybridized carbons (Fsp3) is 0.133. The maximum Gasteiger partial charge on any atom is 0.236 e. The van der Waals surface area contributed by atoms with E-state index in [1.165, 1.54) is 0 Å². The first kappa shape index (κ1) is 13.2. The van der Waals surface area contributed by atoms with Crippen molar-refractivity contribution in [3.63, 3.8) is 0 Å². The number of ether oxygens (including phenoxy) is 1. The molecule has 3 nitrogen and oxygen atoms in total. The lowest BCUT2D eigenvalue weighted by Crippen LogP contribution is -1.96. The number of thiophene rings is 1. The van der Waals surface area contributed by atoms with Crippen LogP contribution in [0.15, 0.2) is 46.4 Å². The van der Waals surface area contributed by atoms with Gasteiger partial charge in [-0.05, 0) is 42.1 Å². The number of hydrogen-bond donors (Lipinski definition) is 0. The van der Waals surface area contributed by atoms with E-state index in [1.54, 1.807) is 17.6 Å². The molecule has 3 rings (SSSR count). The molecule has 0 atom stereocenters. The minimum atomic E-state index is 0.371. The second kappa shape index (κ2) is 5.69. The van der Waals surface area contributed by atoms with E-state index >= 15 is 0 Å². The standard InChI is InChI=1S/C15H12ClNO2S/c1-10-7-12(4-5-13(10)16)18-8-11-9-19-15(17-11)14-3-2-6-20-14/h2-7,9H,8H2,1H3. The summed E-state index contributed by atoms with van der Waals surface area (Å²) >= 11 is 7.57. The summed E-state index contributed by atoms with van der Waals surface area (Å²) in [6.45, 7) is 2.32. The van der Waals surface area contributed by atoms with Crippen molar-refractivity contribution in [3.8, 4) is 16.5 Å². The Balaban J connectivity index is 1.68. The van der Waals surface area contributed by atoms with Gasteiger partial charge in [0.1, 0.15) is 24.3 Å². The third-order valence-corrected chi connectivity index (χ3v) is 4.08. The molecule has 0 saturated carbocycles. The van der Waals surface area contributed by atoms with Crippen LogP contribution in [0, 0.1) is 6.92 Å². The van der Waals surface area contributed by atoms with Crippen LogP contribution >= 0.6 is 22.9 Å². The van der Waals surface area contributed by atoms with Gasteiger partial charge in [-0.25, -0.2) is 4.98 Å². The third-order valence-electron chi connectivity index (χ3n) is 2.80. The Morgan fingerprint density at radius 1 is 1.35 bits per heavy atom. The Kier molecular flexibility index (Phi) is 3.76. The van der Waals surface area contributed by atoms with Gasteiger partial charge in [0, 0.05) is 5.02 Å². The molecule has 20 heavy (non-hydrogen) atoms. The zero-order valence-electron chi connectivity index (χ0n) is 10.8. The fourth-order valence-electron chi connectivity index (χ4n) is 1.75. The highest BCUT2D eigenvalue weighted by Gasteiger charge is 2.08. The summed E-state index contributed by atoms with van der Waals surface area (Å²) in [4.78, 5) is 5.41. The van der Waals surface area contributed by atoms with Crippen molar-refractivity contribution in [2.45, 2.75) is 13.5 Å². The molecule has 2 aromatic heterocycles. The first-order valence-corrected chi connectivity index (χ1v) is 7.35. The molecule has 0 fully saturated rings. The van der Waals surface area contributed by atoms with Gasteiger partial charge in [-0.2, -0.15) is 0 Å². The molecule has 0 N–H and O–H groups in total. The van der Waals surface area contributed by atoms with E-state index in [9.17, 15) is 0 Å². The highest BCUT2D eigenvalue weighted by molar-refractivity contribution is 7.13. The van der Waals surface area contributed by atoms with E-state index < -0.39 is 0 Å². The van der Waals surface area contributed by atoms with Crippen molar-refractivity contribution in [3.05, 3.63) is 58.3 Å². The van der Waals surface area contributed by atoms with Crippen LogP contribution in [0.1, 0.15) is 11.3 Å². The summed E-state index contributed by atoms with van der Waals surface area (Å²) in [6, 6.07) is 9.52. The Morgan fingerprint density at radius 2 is 2.25 bits per heavy atom. The molecule has 0 unspecified atom stereocenters. The maximum absolute atomic E-state index is 5.98. The van der Waals surface area contributed by atoms with Gasteiger partial charge in [0.2, 0.25) is 5.89 Å². The Morgan fingerprint density at radius 3 is 3.00 bits per heavy atom. The molecule has 0 amide bonds. The summed E-state index contributed by atoms with van der Waals surface area (Å²) in [5.41, 5.74) is 1.75. The zero-order valence-corrected chi connectivity index (χ0v) is 12.4. The second-order valence-electron chi connectivity index (χ2n) is 4.32. The number of nitrogens with zero attached hydrogens (tertiary/aromatic N) is 1. The largest absolute Gasteiger partial charge is 0.487 e. The number of aryl methyl sites for hydroxylation is 1. The summed E-state index contributed by atoms with van der Waals surface area (Å²) in [6.07, 6.45) is 1.62. The van der Waals surface area contributed by atoms with Crippen molar-refractivity contribution in [1.82, 2.24) is 4.98 Å². The molecule has 1 aromatic carbocycles. The average molecular weight is 306 g/mol. The first-order valence-electron chi connectivity index (χ1n) is 6.09. The number of halogens is 1. The number of aromatic nitrogens is 1. The number of rotatable bonds is 4. The zero-order chi connectivity index (χ0) is 13.9. The lowest BCUT2D eigenvalue weighted by atomic mass is 10.2. The van der Waals surface area contributed by atoms with Crippen LogP contribution in [0.25, 0.3) is 10.8 Å². The van der Waals surface area contributed by atoms with Gasteiger partial charge in [0.05, 0.1) is 4.88 Å². The van der Waals surface area contributed by atoms with Crippen LogP contribution in [0.4, 0.5) is 0 Å². The Hall–Kier alpha value is -1.78. The highest BCUT2D eigenvalue weighted by Crippen LogP contribution is 2.25. The Labute approximate surface area is 125 Å². The summed E-state index contributed by atoms with van der Waals surface area (Å²) in [7, 11) is 0. The first-order chi connectivity index (χ1) is 9.72. The predicted octanol–water partition coefficient (Wildman–Crippen LogP) is 4.94. The molecule has 102 valence electrons.